The number of hydrogen-bond acceptors (Lipinski definition) is 5. The Morgan fingerprint density at radius 1 is 1.40 bits per heavy atom. The van der Waals surface area contributed by atoms with Crippen LogP contribution >= 0.6 is 0 Å². The number of aryl methyl sites for hydroxylation is 1. The second kappa shape index (κ2) is 7.43. The third-order valence-corrected chi connectivity index (χ3v) is 4.18. The van der Waals surface area contributed by atoms with Crippen molar-refractivity contribution in [2.75, 3.05) is 26.3 Å². The lowest BCUT2D eigenvalue weighted by Crippen LogP contribution is -2.36. The molecule has 2 aromatic heterocycles. The van der Waals surface area contributed by atoms with E-state index >= 15 is 0 Å². The van der Waals surface area contributed by atoms with Gasteiger partial charge in [-0.05, 0) is 18.6 Å². The Balaban J connectivity index is 1.70. The molecule has 1 saturated heterocycles. The number of hydrogen-bond donors (Lipinski definition) is 1. The summed E-state index contributed by atoms with van der Waals surface area (Å²) >= 11 is 0. The van der Waals surface area contributed by atoms with Crippen LogP contribution in [0.4, 0.5) is 0 Å². The summed E-state index contributed by atoms with van der Waals surface area (Å²) in [5, 5.41) is 4.05. The van der Waals surface area contributed by atoms with Gasteiger partial charge in [-0.15, -0.1) is 0 Å². The first-order chi connectivity index (χ1) is 12.0. The number of carbonyl (C=O) groups is 2. The van der Waals surface area contributed by atoms with Gasteiger partial charge in [-0.3, -0.25) is 19.3 Å². The van der Waals surface area contributed by atoms with Gasteiger partial charge < -0.3 is 15.4 Å². The zero-order valence-corrected chi connectivity index (χ0v) is 14.1. The topological polar surface area (TPSA) is 103 Å². The van der Waals surface area contributed by atoms with E-state index in [9.17, 15) is 9.59 Å². The number of pyridine rings is 1. The highest BCUT2D eigenvalue weighted by Crippen LogP contribution is 2.15. The highest BCUT2D eigenvalue weighted by atomic mass is 16.5. The maximum absolute atomic E-state index is 12.6. The maximum Gasteiger partial charge on any atom is 0.257 e. The van der Waals surface area contributed by atoms with Gasteiger partial charge in [-0.1, -0.05) is 0 Å². The van der Waals surface area contributed by atoms with Crippen LogP contribution in [0.1, 0.15) is 26.4 Å². The van der Waals surface area contributed by atoms with E-state index in [-0.39, 0.29) is 11.8 Å². The SMILES string of the molecule is Cn1cc(C(=O)N2CCOC[C@@H](Cc3cc(C(N)=O)ccn3)C2)cn1. The molecule has 3 heterocycles. The molecule has 2 amide bonds. The van der Waals surface area contributed by atoms with Crippen molar-refractivity contribution in [2.45, 2.75) is 6.42 Å². The smallest absolute Gasteiger partial charge is 0.257 e. The summed E-state index contributed by atoms with van der Waals surface area (Å²) in [5.41, 5.74) is 7.08. The molecule has 132 valence electrons. The molecule has 0 spiro atoms. The predicted molar refractivity (Wildman–Crippen MR) is 89.9 cm³/mol. The molecule has 0 aliphatic carbocycles. The van der Waals surface area contributed by atoms with Crippen molar-refractivity contribution in [1.29, 1.82) is 0 Å². The van der Waals surface area contributed by atoms with Gasteiger partial charge in [0.05, 0.1) is 25.0 Å². The largest absolute Gasteiger partial charge is 0.379 e. The summed E-state index contributed by atoms with van der Waals surface area (Å²) in [7, 11) is 1.78. The van der Waals surface area contributed by atoms with Gasteiger partial charge in [-0.25, -0.2) is 0 Å². The zero-order chi connectivity index (χ0) is 17.8. The van der Waals surface area contributed by atoms with Crippen molar-refractivity contribution in [3.63, 3.8) is 0 Å². The first kappa shape index (κ1) is 17.1. The Bertz CT molecular complexity index is 773. The molecule has 1 atom stereocenters. The molecule has 25 heavy (non-hydrogen) atoms. The van der Waals surface area contributed by atoms with Crippen LogP contribution in [0.15, 0.2) is 30.7 Å². The number of primary amides is 1. The number of aromatic nitrogens is 3. The molecule has 0 bridgehead atoms. The fraction of sp³-hybridized carbons (Fsp3) is 0.412. The normalized spacial score (nSPS) is 18.0. The molecule has 8 heteroatoms. The third-order valence-electron chi connectivity index (χ3n) is 4.18. The molecular weight excluding hydrogens is 322 g/mol. The lowest BCUT2D eigenvalue weighted by atomic mass is 10.0. The highest BCUT2D eigenvalue weighted by Gasteiger charge is 2.24. The van der Waals surface area contributed by atoms with E-state index in [0.717, 1.165) is 5.69 Å². The van der Waals surface area contributed by atoms with Gasteiger partial charge in [0.25, 0.3) is 5.91 Å². The Morgan fingerprint density at radius 3 is 2.96 bits per heavy atom. The minimum atomic E-state index is -0.478. The predicted octanol–water partition coefficient (Wildman–Crippen LogP) is 0.245. The van der Waals surface area contributed by atoms with Crippen molar-refractivity contribution in [1.82, 2.24) is 19.7 Å². The van der Waals surface area contributed by atoms with Crippen LogP contribution in [0.25, 0.3) is 0 Å². The molecule has 2 N–H and O–H groups in total. The minimum Gasteiger partial charge on any atom is -0.379 e. The van der Waals surface area contributed by atoms with E-state index in [4.69, 9.17) is 10.5 Å². The molecule has 0 aromatic carbocycles. The molecule has 0 unspecified atom stereocenters. The van der Waals surface area contributed by atoms with Crippen LogP contribution in [0.2, 0.25) is 0 Å². The van der Waals surface area contributed by atoms with Gasteiger partial charge >= 0.3 is 0 Å². The number of ether oxygens (including phenoxy) is 1. The van der Waals surface area contributed by atoms with Crippen LogP contribution < -0.4 is 5.73 Å². The maximum atomic E-state index is 12.6. The van der Waals surface area contributed by atoms with E-state index in [2.05, 4.69) is 10.1 Å². The van der Waals surface area contributed by atoms with Gasteiger partial charge in [-0.2, -0.15) is 5.10 Å². The molecule has 2 aromatic rings. The van der Waals surface area contributed by atoms with E-state index in [1.807, 2.05) is 0 Å². The molecule has 0 saturated carbocycles. The first-order valence-electron chi connectivity index (χ1n) is 8.13. The Kier molecular flexibility index (Phi) is 5.08. The first-order valence-corrected chi connectivity index (χ1v) is 8.13. The summed E-state index contributed by atoms with van der Waals surface area (Å²) in [6, 6.07) is 3.29. The average Bonchev–Trinajstić information content (AvgIpc) is 2.89. The monoisotopic (exact) mass is 343 g/mol. The molecule has 0 radical (unpaired) electrons. The fourth-order valence-electron chi connectivity index (χ4n) is 2.94. The van der Waals surface area contributed by atoms with E-state index < -0.39 is 5.91 Å². The Morgan fingerprint density at radius 2 is 2.24 bits per heavy atom. The summed E-state index contributed by atoms with van der Waals surface area (Å²) in [5.74, 6) is -0.435. The fourth-order valence-corrected chi connectivity index (χ4v) is 2.94. The van der Waals surface area contributed by atoms with Gasteiger partial charge in [0, 0.05) is 49.7 Å². The second-order valence-electron chi connectivity index (χ2n) is 6.20. The van der Waals surface area contributed by atoms with Gasteiger partial charge in [0.2, 0.25) is 5.91 Å². The van der Waals surface area contributed by atoms with Gasteiger partial charge in [0.1, 0.15) is 0 Å². The lowest BCUT2D eigenvalue weighted by Gasteiger charge is -2.23. The number of rotatable bonds is 4. The zero-order valence-electron chi connectivity index (χ0n) is 14.1. The number of nitrogens with two attached hydrogens (primary N) is 1. The van der Waals surface area contributed by atoms with Crippen LogP contribution in [-0.4, -0.2) is 57.8 Å². The minimum absolute atomic E-state index is 0.0533. The molecule has 1 fully saturated rings. The van der Waals surface area contributed by atoms with E-state index in [0.29, 0.717) is 43.9 Å². The van der Waals surface area contributed by atoms with Crippen LogP contribution in [-0.2, 0) is 18.2 Å². The van der Waals surface area contributed by atoms with E-state index in [1.54, 1.807) is 47.4 Å². The van der Waals surface area contributed by atoms with E-state index in [1.165, 1.54) is 0 Å². The summed E-state index contributed by atoms with van der Waals surface area (Å²) in [6.07, 6.45) is 5.46. The summed E-state index contributed by atoms with van der Waals surface area (Å²) < 4.78 is 7.25. The molecule has 8 nitrogen and oxygen atoms in total. The Hall–Kier alpha value is -2.74. The van der Waals surface area contributed by atoms with Crippen molar-refractivity contribution >= 4 is 11.8 Å². The van der Waals surface area contributed by atoms with Crippen molar-refractivity contribution in [3.05, 3.63) is 47.5 Å². The second-order valence-corrected chi connectivity index (χ2v) is 6.20. The van der Waals surface area contributed by atoms with Crippen molar-refractivity contribution in [2.24, 2.45) is 18.7 Å². The van der Waals surface area contributed by atoms with Crippen molar-refractivity contribution < 1.29 is 14.3 Å². The third kappa shape index (κ3) is 4.21. The number of amides is 2. The molecule has 1 aliphatic rings. The molecule has 1 aliphatic heterocycles. The summed E-state index contributed by atoms with van der Waals surface area (Å²) in [6.45, 7) is 2.14. The molecular formula is C17H21N5O3. The number of carbonyl (C=O) groups excluding carboxylic acids is 2. The average molecular weight is 343 g/mol. The van der Waals surface area contributed by atoms with Crippen molar-refractivity contribution in [3.8, 4) is 0 Å². The lowest BCUT2D eigenvalue weighted by molar-refractivity contribution is 0.0737. The highest BCUT2D eigenvalue weighted by molar-refractivity contribution is 5.94. The van der Waals surface area contributed by atoms with Crippen LogP contribution in [0.5, 0.6) is 0 Å². The van der Waals surface area contributed by atoms with Gasteiger partial charge in [0.15, 0.2) is 0 Å². The standard InChI is InChI=1S/C17H21N5O3/c1-21-10-14(8-20-21)17(24)22-4-5-25-11-12(9-22)6-15-7-13(16(18)23)2-3-19-15/h2-3,7-8,10,12H,4-6,9,11H2,1H3,(H2,18,23)/t12-/m0/s1. The molecule has 3 rings (SSSR count). The Labute approximate surface area is 145 Å². The summed E-state index contributed by atoms with van der Waals surface area (Å²) in [4.78, 5) is 30.0. The quantitative estimate of drug-likeness (QED) is 0.857. The van der Waals surface area contributed by atoms with Crippen LogP contribution in [0.3, 0.4) is 0 Å². The number of nitrogens with zero attached hydrogens (tertiary/aromatic N) is 4. The van der Waals surface area contributed by atoms with Crippen LogP contribution in [0, 0.1) is 5.92 Å².